The molecule has 0 amide bonds. The van der Waals surface area contributed by atoms with Crippen LogP contribution in [0.2, 0.25) is 0 Å². The van der Waals surface area contributed by atoms with Crippen molar-refractivity contribution in [2.45, 2.75) is 27.7 Å². The highest BCUT2D eigenvalue weighted by Gasteiger charge is 2.08. The number of ketones is 1. The summed E-state index contributed by atoms with van der Waals surface area (Å²) in [6, 6.07) is 7.03. The highest BCUT2D eigenvalue weighted by Crippen LogP contribution is 2.25. The van der Waals surface area contributed by atoms with Crippen LogP contribution in [0.3, 0.4) is 0 Å². The third kappa shape index (κ3) is 3.19. The van der Waals surface area contributed by atoms with Crippen LogP contribution in [0, 0.1) is 27.7 Å². The number of aryl methyl sites for hydroxylation is 4. The van der Waals surface area contributed by atoms with Gasteiger partial charge in [-0.1, -0.05) is 6.08 Å². The van der Waals surface area contributed by atoms with Crippen LogP contribution in [0.1, 0.15) is 38.2 Å². The molecule has 3 heteroatoms. The summed E-state index contributed by atoms with van der Waals surface area (Å²) in [5.41, 5.74) is 4.36. The van der Waals surface area contributed by atoms with Gasteiger partial charge in [0.2, 0.25) is 0 Å². The number of hydrogen-bond donors (Lipinski definition) is 2. The number of carbonyl (C=O) groups excluding carboxylic acids is 1. The summed E-state index contributed by atoms with van der Waals surface area (Å²) in [6.07, 6.45) is 3.25. The van der Waals surface area contributed by atoms with Gasteiger partial charge in [0.05, 0.1) is 0 Å². The molecule has 0 atom stereocenters. The van der Waals surface area contributed by atoms with Crippen molar-refractivity contribution >= 4 is 11.9 Å². The predicted molar refractivity (Wildman–Crippen MR) is 88.5 cm³/mol. The van der Waals surface area contributed by atoms with Crippen LogP contribution in [-0.2, 0) is 0 Å². The monoisotopic (exact) mass is 296 g/mol. The Kier molecular flexibility index (Phi) is 4.36. The largest absolute Gasteiger partial charge is 0.507 e. The first kappa shape index (κ1) is 15.8. The highest BCUT2D eigenvalue weighted by molar-refractivity contribution is 6.07. The number of phenols is 2. The number of aromatic hydroxyl groups is 2. The molecule has 22 heavy (non-hydrogen) atoms. The van der Waals surface area contributed by atoms with Crippen molar-refractivity contribution < 1.29 is 15.0 Å². The van der Waals surface area contributed by atoms with E-state index in [1.807, 2.05) is 26.0 Å². The fourth-order valence-corrected chi connectivity index (χ4v) is 2.45. The molecule has 3 nitrogen and oxygen atoms in total. The SMILES string of the molecule is Cc1cc(C=CC(=O)c2cc(C)c(O)c(C)c2)cc(C)c1O. The van der Waals surface area contributed by atoms with E-state index in [4.69, 9.17) is 0 Å². The molecule has 2 rings (SSSR count). The molecule has 2 aromatic rings. The molecule has 0 aromatic heterocycles. The van der Waals surface area contributed by atoms with Gasteiger partial charge in [-0.3, -0.25) is 4.79 Å². The molecule has 0 saturated carbocycles. The summed E-state index contributed by atoms with van der Waals surface area (Å²) >= 11 is 0. The predicted octanol–water partition coefficient (Wildman–Crippen LogP) is 4.23. The average Bonchev–Trinajstić information content (AvgIpc) is 2.47. The Morgan fingerprint density at radius 1 is 0.818 bits per heavy atom. The standard InChI is InChI=1S/C19H20O3/c1-11-7-15(8-12(2)18(11)21)5-6-17(20)16-9-13(3)19(22)14(4)10-16/h5-10,21-22H,1-4H3. The van der Waals surface area contributed by atoms with Crippen molar-refractivity contribution in [1.82, 2.24) is 0 Å². The molecule has 0 radical (unpaired) electrons. The van der Waals surface area contributed by atoms with Crippen molar-refractivity contribution in [2.75, 3.05) is 0 Å². The lowest BCUT2D eigenvalue weighted by Gasteiger charge is -2.06. The van der Waals surface area contributed by atoms with Crippen molar-refractivity contribution in [3.63, 3.8) is 0 Å². The van der Waals surface area contributed by atoms with Gasteiger partial charge in [0, 0.05) is 5.56 Å². The van der Waals surface area contributed by atoms with Crippen molar-refractivity contribution in [3.8, 4) is 11.5 Å². The van der Waals surface area contributed by atoms with E-state index >= 15 is 0 Å². The van der Waals surface area contributed by atoms with Crippen molar-refractivity contribution in [2.24, 2.45) is 0 Å². The van der Waals surface area contributed by atoms with E-state index in [1.54, 1.807) is 32.1 Å². The Labute approximate surface area is 130 Å². The van der Waals surface area contributed by atoms with E-state index in [9.17, 15) is 15.0 Å². The fraction of sp³-hybridized carbons (Fsp3) is 0.211. The quantitative estimate of drug-likeness (QED) is 0.658. The van der Waals surface area contributed by atoms with Gasteiger partial charge in [0.25, 0.3) is 0 Å². The smallest absolute Gasteiger partial charge is 0.185 e. The minimum Gasteiger partial charge on any atom is -0.507 e. The minimum atomic E-state index is -0.116. The van der Waals surface area contributed by atoms with Crippen LogP contribution < -0.4 is 0 Å². The molecular formula is C19H20O3. The van der Waals surface area contributed by atoms with Gasteiger partial charge < -0.3 is 10.2 Å². The Morgan fingerprint density at radius 2 is 1.23 bits per heavy atom. The molecule has 0 bridgehead atoms. The lowest BCUT2D eigenvalue weighted by Crippen LogP contribution is -1.96. The van der Waals surface area contributed by atoms with Crippen LogP contribution >= 0.6 is 0 Å². The Hall–Kier alpha value is -2.55. The zero-order valence-corrected chi connectivity index (χ0v) is 13.3. The second kappa shape index (κ2) is 6.06. The molecule has 0 spiro atoms. The Morgan fingerprint density at radius 3 is 1.68 bits per heavy atom. The third-order valence-corrected chi connectivity index (χ3v) is 3.72. The summed E-state index contributed by atoms with van der Waals surface area (Å²) in [4.78, 5) is 12.3. The maximum atomic E-state index is 12.3. The highest BCUT2D eigenvalue weighted by atomic mass is 16.3. The van der Waals surface area contributed by atoms with E-state index < -0.39 is 0 Å². The number of carbonyl (C=O) groups is 1. The molecule has 0 fully saturated rings. The second-order valence-electron chi connectivity index (χ2n) is 5.66. The first-order valence-corrected chi connectivity index (χ1v) is 7.12. The summed E-state index contributed by atoms with van der Waals surface area (Å²) in [6.45, 7) is 7.20. The number of rotatable bonds is 3. The molecule has 2 aromatic carbocycles. The third-order valence-electron chi connectivity index (χ3n) is 3.72. The maximum absolute atomic E-state index is 12.3. The van der Waals surface area contributed by atoms with Gasteiger partial charge in [0.15, 0.2) is 5.78 Å². The van der Waals surface area contributed by atoms with Gasteiger partial charge in [-0.15, -0.1) is 0 Å². The summed E-state index contributed by atoms with van der Waals surface area (Å²) in [7, 11) is 0. The van der Waals surface area contributed by atoms with Gasteiger partial charge >= 0.3 is 0 Å². The lowest BCUT2D eigenvalue weighted by molar-refractivity contribution is 0.104. The normalized spacial score (nSPS) is 11.1. The van der Waals surface area contributed by atoms with Crippen molar-refractivity contribution in [3.05, 3.63) is 63.7 Å². The molecule has 0 aliphatic carbocycles. The van der Waals surface area contributed by atoms with E-state index in [1.165, 1.54) is 6.08 Å². The molecule has 0 aliphatic rings. The van der Waals surface area contributed by atoms with Gasteiger partial charge in [0.1, 0.15) is 11.5 Å². The number of allylic oxidation sites excluding steroid dienone is 1. The molecule has 0 aliphatic heterocycles. The molecule has 114 valence electrons. The van der Waals surface area contributed by atoms with Crippen LogP contribution in [-0.4, -0.2) is 16.0 Å². The first-order valence-electron chi connectivity index (χ1n) is 7.12. The van der Waals surface area contributed by atoms with Gasteiger partial charge in [-0.25, -0.2) is 0 Å². The summed E-state index contributed by atoms with van der Waals surface area (Å²) in [5.74, 6) is 0.396. The topological polar surface area (TPSA) is 57.5 Å². The number of hydrogen-bond acceptors (Lipinski definition) is 3. The molecule has 0 unspecified atom stereocenters. The van der Waals surface area contributed by atoms with E-state index in [-0.39, 0.29) is 17.3 Å². The molecular weight excluding hydrogens is 276 g/mol. The number of phenolic OH excluding ortho intramolecular Hbond substituents is 2. The van der Waals surface area contributed by atoms with Crippen LogP contribution in [0.15, 0.2) is 30.3 Å². The zero-order chi connectivity index (χ0) is 16.4. The average molecular weight is 296 g/mol. The van der Waals surface area contributed by atoms with E-state index in [0.717, 1.165) is 16.7 Å². The van der Waals surface area contributed by atoms with E-state index in [0.29, 0.717) is 16.7 Å². The lowest BCUT2D eigenvalue weighted by atomic mass is 10.0. The van der Waals surface area contributed by atoms with Gasteiger partial charge in [-0.2, -0.15) is 0 Å². The van der Waals surface area contributed by atoms with Gasteiger partial charge in [-0.05, 0) is 85.9 Å². The number of benzene rings is 2. The maximum Gasteiger partial charge on any atom is 0.185 e. The summed E-state index contributed by atoms with van der Waals surface area (Å²) in [5, 5.41) is 19.5. The minimum absolute atomic E-state index is 0.116. The van der Waals surface area contributed by atoms with E-state index in [2.05, 4.69) is 0 Å². The van der Waals surface area contributed by atoms with Crippen LogP contribution in [0.5, 0.6) is 11.5 Å². The van der Waals surface area contributed by atoms with Crippen LogP contribution in [0.25, 0.3) is 6.08 Å². The zero-order valence-electron chi connectivity index (χ0n) is 13.3. The Bertz CT molecular complexity index is 724. The molecule has 2 N–H and O–H groups in total. The summed E-state index contributed by atoms with van der Waals surface area (Å²) < 4.78 is 0. The molecule has 0 saturated heterocycles. The fourth-order valence-electron chi connectivity index (χ4n) is 2.45. The second-order valence-corrected chi connectivity index (χ2v) is 5.66. The molecule has 0 heterocycles. The Balaban J connectivity index is 2.29. The van der Waals surface area contributed by atoms with Crippen LogP contribution in [0.4, 0.5) is 0 Å². The van der Waals surface area contributed by atoms with Crippen molar-refractivity contribution in [1.29, 1.82) is 0 Å². The first-order chi connectivity index (χ1) is 10.3.